The van der Waals surface area contributed by atoms with Crippen LogP contribution in [0.1, 0.15) is 10.4 Å². The van der Waals surface area contributed by atoms with Crippen molar-refractivity contribution in [2.24, 2.45) is 0 Å². The topological polar surface area (TPSA) is 98.9 Å². The van der Waals surface area contributed by atoms with E-state index in [0.717, 1.165) is 24.3 Å². The molecule has 0 aliphatic carbocycles. The van der Waals surface area contributed by atoms with Crippen LogP contribution in [0.2, 0.25) is 0 Å². The number of quaternary nitrogens is 1. The summed E-state index contributed by atoms with van der Waals surface area (Å²) in [7, 11) is 1.99. The largest absolute Gasteiger partial charge is 0.545 e. The number of nitrogens with one attached hydrogen (secondary N) is 1. The third-order valence-electron chi connectivity index (χ3n) is 1.39. The van der Waals surface area contributed by atoms with Gasteiger partial charge in [-0.1, -0.05) is 12.1 Å². The second-order valence-electron chi connectivity index (χ2n) is 3.79. The zero-order valence-electron chi connectivity index (χ0n) is 9.80. The number of hydrogen-bond donors (Lipinski definition) is 2. The minimum atomic E-state index is -4.26. The summed E-state index contributed by atoms with van der Waals surface area (Å²) in [5.41, 5.74) is -0.146. The van der Waals surface area contributed by atoms with Gasteiger partial charge in [0.25, 0.3) is 10.1 Å². The van der Waals surface area contributed by atoms with Crippen LogP contribution >= 0.6 is 0 Å². The molecule has 1 aromatic carbocycles. The maximum atomic E-state index is 10.5. The molecule has 2 N–H and O–H groups in total. The molecule has 0 radical (unpaired) electrons. The van der Waals surface area contributed by atoms with E-state index < -0.39 is 16.1 Å². The van der Waals surface area contributed by atoms with Gasteiger partial charge in [0, 0.05) is 0 Å². The lowest BCUT2D eigenvalue weighted by molar-refractivity contribution is -0.836. The van der Waals surface area contributed by atoms with Crippen LogP contribution < -0.4 is 10.0 Å². The number of carboxylic acid groups (broad SMARTS) is 1. The number of rotatable bonds is 2. The highest BCUT2D eigenvalue weighted by atomic mass is 32.2. The molecule has 0 bridgehead atoms. The Labute approximate surface area is 100 Å². The van der Waals surface area contributed by atoms with Crippen LogP contribution in [-0.4, -0.2) is 40.1 Å². The minimum Gasteiger partial charge on any atom is -0.545 e. The van der Waals surface area contributed by atoms with Gasteiger partial charge in [0.05, 0.1) is 32.0 Å². The lowest BCUT2D eigenvalue weighted by atomic mass is 10.2. The fraction of sp³-hybridized carbons (Fsp3) is 0.300. The molecule has 96 valence electrons. The van der Waals surface area contributed by atoms with Crippen molar-refractivity contribution in [2.45, 2.75) is 4.90 Å². The van der Waals surface area contributed by atoms with Crippen molar-refractivity contribution in [1.82, 2.24) is 0 Å². The van der Waals surface area contributed by atoms with Gasteiger partial charge in [-0.15, -0.1) is 0 Å². The minimum absolute atomic E-state index is 0.146. The first-order valence-corrected chi connectivity index (χ1v) is 6.14. The SMILES string of the molecule is C[NH+](C)C.O=C([O-])c1ccc(S(=O)(=O)O)cc1. The van der Waals surface area contributed by atoms with Gasteiger partial charge in [-0.3, -0.25) is 4.55 Å². The van der Waals surface area contributed by atoms with Crippen LogP contribution in [0.4, 0.5) is 0 Å². The Balaban J connectivity index is 0.000000557. The van der Waals surface area contributed by atoms with Gasteiger partial charge in [0.2, 0.25) is 0 Å². The van der Waals surface area contributed by atoms with Crippen molar-refractivity contribution in [3.05, 3.63) is 29.8 Å². The van der Waals surface area contributed by atoms with Crippen LogP contribution in [0.5, 0.6) is 0 Å². The normalized spacial score (nSPS) is 10.6. The molecule has 0 saturated carbocycles. The average Bonchev–Trinajstić information content (AvgIpc) is 2.15. The molecule has 0 atom stereocenters. The summed E-state index contributed by atoms with van der Waals surface area (Å²) in [4.78, 5) is 11.3. The molecule has 0 spiro atoms. The Hall–Kier alpha value is -1.44. The van der Waals surface area contributed by atoms with E-state index >= 15 is 0 Å². The zero-order valence-corrected chi connectivity index (χ0v) is 10.6. The van der Waals surface area contributed by atoms with Crippen LogP contribution in [0.25, 0.3) is 0 Å². The number of benzene rings is 1. The number of carboxylic acids is 1. The summed E-state index contributed by atoms with van der Waals surface area (Å²) in [6.45, 7) is 0. The molecular weight excluding hydrogens is 246 g/mol. The molecule has 0 fully saturated rings. The molecular formula is C10H15NO5S. The summed E-state index contributed by atoms with van der Waals surface area (Å²) >= 11 is 0. The standard InChI is InChI=1S/C7H6O5S.C3H9N/c8-7(9)5-1-3-6(4-2-5)13(10,11)12;1-4(2)3/h1-4H,(H,8,9)(H,10,11,12);1-3H3. The lowest BCUT2D eigenvalue weighted by Gasteiger charge is -2.01. The van der Waals surface area contributed by atoms with E-state index in [0.29, 0.717) is 0 Å². The van der Waals surface area contributed by atoms with E-state index in [1.54, 1.807) is 0 Å². The summed E-state index contributed by atoms with van der Waals surface area (Å²) < 4.78 is 29.5. The van der Waals surface area contributed by atoms with E-state index in [4.69, 9.17) is 4.55 Å². The monoisotopic (exact) mass is 261 g/mol. The number of carbonyl (C=O) groups is 1. The fourth-order valence-corrected chi connectivity index (χ4v) is 1.24. The number of hydrogen-bond acceptors (Lipinski definition) is 4. The van der Waals surface area contributed by atoms with Gasteiger partial charge < -0.3 is 14.8 Å². The van der Waals surface area contributed by atoms with E-state index in [2.05, 4.69) is 21.1 Å². The van der Waals surface area contributed by atoms with Crippen molar-refractivity contribution in [1.29, 1.82) is 0 Å². The molecule has 0 unspecified atom stereocenters. The molecule has 0 heterocycles. The zero-order chi connectivity index (χ0) is 13.6. The molecule has 0 aliphatic rings. The molecule has 1 rings (SSSR count). The van der Waals surface area contributed by atoms with Gasteiger partial charge in [0.1, 0.15) is 0 Å². The fourth-order valence-electron chi connectivity index (χ4n) is 0.763. The van der Waals surface area contributed by atoms with Crippen molar-refractivity contribution in [3.63, 3.8) is 0 Å². The number of aromatic carboxylic acids is 1. The van der Waals surface area contributed by atoms with Crippen molar-refractivity contribution in [2.75, 3.05) is 21.1 Å². The van der Waals surface area contributed by atoms with Gasteiger partial charge >= 0.3 is 0 Å². The second kappa shape index (κ2) is 6.33. The second-order valence-corrected chi connectivity index (χ2v) is 5.21. The third kappa shape index (κ3) is 6.67. The van der Waals surface area contributed by atoms with Crippen LogP contribution in [0.3, 0.4) is 0 Å². The maximum Gasteiger partial charge on any atom is 0.294 e. The maximum absolute atomic E-state index is 10.5. The number of carbonyl (C=O) groups excluding carboxylic acids is 1. The van der Waals surface area contributed by atoms with Gasteiger partial charge in [-0.05, 0) is 17.7 Å². The molecule has 0 saturated heterocycles. The highest BCUT2D eigenvalue weighted by Gasteiger charge is 2.08. The van der Waals surface area contributed by atoms with Crippen LogP contribution in [-0.2, 0) is 10.1 Å². The summed E-state index contributed by atoms with van der Waals surface area (Å²) in [6, 6.07) is 4.05. The van der Waals surface area contributed by atoms with Crippen LogP contribution in [0.15, 0.2) is 29.2 Å². The van der Waals surface area contributed by atoms with Crippen molar-refractivity contribution in [3.8, 4) is 0 Å². The summed E-state index contributed by atoms with van der Waals surface area (Å²) in [5, 5.41) is 10.2. The third-order valence-corrected chi connectivity index (χ3v) is 2.26. The average molecular weight is 261 g/mol. The Morgan fingerprint density at radius 2 is 1.53 bits per heavy atom. The lowest BCUT2D eigenvalue weighted by Crippen LogP contribution is -3.02. The van der Waals surface area contributed by atoms with Crippen molar-refractivity contribution >= 4 is 16.1 Å². The predicted molar refractivity (Wildman–Crippen MR) is 59.3 cm³/mol. The molecule has 17 heavy (non-hydrogen) atoms. The molecule has 1 aromatic rings. The van der Waals surface area contributed by atoms with E-state index in [1.807, 2.05) is 0 Å². The van der Waals surface area contributed by atoms with Gasteiger partial charge in [-0.2, -0.15) is 8.42 Å². The van der Waals surface area contributed by atoms with Gasteiger partial charge in [0.15, 0.2) is 0 Å². The smallest absolute Gasteiger partial charge is 0.294 e. The highest BCUT2D eigenvalue weighted by molar-refractivity contribution is 7.85. The molecule has 0 aromatic heterocycles. The van der Waals surface area contributed by atoms with Gasteiger partial charge in [-0.25, -0.2) is 0 Å². The van der Waals surface area contributed by atoms with E-state index in [1.165, 1.54) is 4.90 Å². The predicted octanol–water partition coefficient (Wildman–Crippen LogP) is -1.94. The first-order chi connectivity index (χ1) is 7.64. The first-order valence-electron chi connectivity index (χ1n) is 4.70. The Morgan fingerprint density at radius 1 is 1.18 bits per heavy atom. The summed E-state index contributed by atoms with van der Waals surface area (Å²) in [6.07, 6.45) is 0. The quantitative estimate of drug-likeness (QED) is 0.603. The highest BCUT2D eigenvalue weighted by Crippen LogP contribution is 2.09. The first kappa shape index (κ1) is 15.6. The molecule has 6 nitrogen and oxygen atoms in total. The van der Waals surface area contributed by atoms with Crippen LogP contribution in [0, 0.1) is 0 Å². The van der Waals surface area contributed by atoms with E-state index in [9.17, 15) is 18.3 Å². The Morgan fingerprint density at radius 3 is 1.76 bits per heavy atom. The van der Waals surface area contributed by atoms with E-state index in [-0.39, 0.29) is 10.5 Å². The molecule has 0 aliphatic heterocycles. The van der Waals surface area contributed by atoms with Crippen molar-refractivity contribution < 1.29 is 27.8 Å². The summed E-state index contributed by atoms with van der Waals surface area (Å²) in [5.74, 6) is -1.40. The molecule has 7 heteroatoms. The Bertz CT molecular complexity index is 461. The molecule has 0 amide bonds. The Kier molecular flexibility index (Phi) is 5.80.